The Kier molecular flexibility index (Phi) is 8.80. The highest BCUT2D eigenvalue weighted by Crippen LogP contribution is 2.24. The zero-order chi connectivity index (χ0) is 21.9. The van der Waals surface area contributed by atoms with Crippen molar-refractivity contribution >= 4 is 11.9 Å². The van der Waals surface area contributed by atoms with Gasteiger partial charge in [0.15, 0.2) is 5.96 Å². The fourth-order valence-corrected chi connectivity index (χ4v) is 2.57. The Hall–Kier alpha value is -3.42. The quantitative estimate of drug-likeness (QED) is 0.483. The zero-order valence-corrected chi connectivity index (χ0v) is 18.2. The number of methoxy groups -OCH3 is 3. The first kappa shape index (κ1) is 22.9. The molecule has 0 aliphatic carbocycles. The van der Waals surface area contributed by atoms with Crippen molar-refractivity contribution in [3.05, 3.63) is 53.6 Å². The van der Waals surface area contributed by atoms with Gasteiger partial charge in [0.25, 0.3) is 0 Å². The topological polar surface area (TPSA) is 84.4 Å². The van der Waals surface area contributed by atoms with E-state index in [0.717, 1.165) is 22.6 Å². The molecular weight excluding hydrogens is 384 g/mol. The molecule has 0 aromatic heterocycles. The molecule has 0 aliphatic heterocycles. The third-order valence-electron chi connectivity index (χ3n) is 4.43. The summed E-state index contributed by atoms with van der Waals surface area (Å²) in [5, 5.41) is 6.34. The molecule has 0 saturated carbocycles. The van der Waals surface area contributed by atoms with Crippen molar-refractivity contribution in [2.45, 2.75) is 13.1 Å². The number of nitrogens with one attached hydrogen (secondary N) is 2. The van der Waals surface area contributed by atoms with Gasteiger partial charge in [-0.25, -0.2) is 4.99 Å². The highest BCUT2D eigenvalue weighted by atomic mass is 16.5. The fourth-order valence-electron chi connectivity index (χ4n) is 2.57. The van der Waals surface area contributed by atoms with Crippen molar-refractivity contribution in [2.24, 2.45) is 4.99 Å². The summed E-state index contributed by atoms with van der Waals surface area (Å²) in [6.07, 6.45) is 0. The fraction of sp³-hybridized carbons (Fsp3) is 0.364. The third-order valence-corrected chi connectivity index (χ3v) is 4.43. The number of amides is 1. The number of carbonyl (C=O) groups excluding carboxylic acids is 1. The van der Waals surface area contributed by atoms with Gasteiger partial charge in [-0.15, -0.1) is 0 Å². The monoisotopic (exact) mass is 414 g/mol. The van der Waals surface area contributed by atoms with Crippen molar-refractivity contribution in [1.82, 2.24) is 15.5 Å². The van der Waals surface area contributed by atoms with Gasteiger partial charge < -0.3 is 29.7 Å². The highest BCUT2D eigenvalue weighted by molar-refractivity contribution is 5.86. The molecule has 8 nitrogen and oxygen atoms in total. The van der Waals surface area contributed by atoms with Crippen LogP contribution in [0.1, 0.15) is 11.1 Å². The number of aliphatic imine (C=N–C) groups is 1. The lowest BCUT2D eigenvalue weighted by Gasteiger charge is -2.16. The van der Waals surface area contributed by atoms with Crippen LogP contribution in [0.5, 0.6) is 17.2 Å². The number of rotatable bonds is 9. The molecule has 0 aliphatic rings. The molecule has 2 aromatic rings. The van der Waals surface area contributed by atoms with Crippen LogP contribution in [0, 0.1) is 0 Å². The third kappa shape index (κ3) is 6.88. The van der Waals surface area contributed by atoms with Crippen LogP contribution in [-0.2, 0) is 17.9 Å². The number of guanidine groups is 1. The smallest absolute Gasteiger partial charge is 0.241 e. The lowest BCUT2D eigenvalue weighted by atomic mass is 10.2. The van der Waals surface area contributed by atoms with Gasteiger partial charge in [0.2, 0.25) is 5.91 Å². The predicted molar refractivity (Wildman–Crippen MR) is 117 cm³/mol. The zero-order valence-electron chi connectivity index (χ0n) is 18.2. The molecule has 0 atom stereocenters. The molecule has 0 spiro atoms. The Morgan fingerprint density at radius 2 is 1.60 bits per heavy atom. The molecule has 0 bridgehead atoms. The van der Waals surface area contributed by atoms with E-state index in [0.29, 0.717) is 24.8 Å². The number of ether oxygens (including phenoxy) is 3. The first-order valence-corrected chi connectivity index (χ1v) is 9.53. The van der Waals surface area contributed by atoms with E-state index in [2.05, 4.69) is 15.6 Å². The standard InChI is InChI=1S/C22H30N4O4/c1-26(2)21(27)15-25-22(23-13-16-6-9-18(28-3)10-7-16)24-14-17-8-11-19(29-4)12-20(17)30-5/h6-12H,13-15H2,1-5H3,(H2,23,24,25). The summed E-state index contributed by atoms with van der Waals surface area (Å²) in [6.45, 7) is 1.06. The van der Waals surface area contributed by atoms with Crippen LogP contribution in [0.15, 0.2) is 47.5 Å². The summed E-state index contributed by atoms with van der Waals surface area (Å²) < 4.78 is 15.9. The second-order valence-corrected chi connectivity index (χ2v) is 6.69. The van der Waals surface area contributed by atoms with Gasteiger partial charge in [-0.3, -0.25) is 4.79 Å². The van der Waals surface area contributed by atoms with Crippen molar-refractivity contribution in [3.8, 4) is 17.2 Å². The van der Waals surface area contributed by atoms with E-state index in [4.69, 9.17) is 14.2 Å². The number of carbonyl (C=O) groups is 1. The second-order valence-electron chi connectivity index (χ2n) is 6.69. The predicted octanol–water partition coefficient (Wildman–Crippen LogP) is 2.04. The highest BCUT2D eigenvalue weighted by Gasteiger charge is 2.09. The Balaban J connectivity index is 2.11. The lowest BCUT2D eigenvalue weighted by molar-refractivity contribution is -0.127. The van der Waals surface area contributed by atoms with Gasteiger partial charge >= 0.3 is 0 Å². The van der Waals surface area contributed by atoms with E-state index in [1.807, 2.05) is 42.5 Å². The molecule has 2 N–H and O–H groups in total. The molecule has 1 amide bonds. The van der Waals surface area contributed by atoms with E-state index in [1.54, 1.807) is 35.4 Å². The van der Waals surface area contributed by atoms with Crippen LogP contribution < -0.4 is 24.8 Å². The second kappa shape index (κ2) is 11.5. The molecule has 30 heavy (non-hydrogen) atoms. The van der Waals surface area contributed by atoms with E-state index < -0.39 is 0 Å². The molecule has 2 aromatic carbocycles. The molecule has 2 rings (SSSR count). The maximum Gasteiger partial charge on any atom is 0.241 e. The van der Waals surface area contributed by atoms with Gasteiger partial charge in [-0.1, -0.05) is 12.1 Å². The summed E-state index contributed by atoms with van der Waals surface area (Å²) in [5.41, 5.74) is 1.97. The normalized spacial score (nSPS) is 10.9. The molecule has 0 radical (unpaired) electrons. The number of likely N-dealkylation sites (N-methyl/N-ethyl adjacent to an activating group) is 1. The maximum atomic E-state index is 12.0. The van der Waals surface area contributed by atoms with Gasteiger partial charge in [0.1, 0.15) is 17.2 Å². The summed E-state index contributed by atoms with van der Waals surface area (Å²) in [4.78, 5) is 18.1. The molecule has 0 fully saturated rings. The Morgan fingerprint density at radius 3 is 2.20 bits per heavy atom. The summed E-state index contributed by atoms with van der Waals surface area (Å²) in [7, 11) is 8.29. The van der Waals surface area contributed by atoms with Crippen LogP contribution in [0.2, 0.25) is 0 Å². The number of benzene rings is 2. The molecule has 8 heteroatoms. The summed E-state index contributed by atoms with van der Waals surface area (Å²) in [5.74, 6) is 2.71. The number of hydrogen-bond acceptors (Lipinski definition) is 5. The summed E-state index contributed by atoms with van der Waals surface area (Å²) >= 11 is 0. The van der Waals surface area contributed by atoms with Crippen LogP contribution in [0.3, 0.4) is 0 Å². The minimum absolute atomic E-state index is 0.0454. The Morgan fingerprint density at radius 1 is 0.933 bits per heavy atom. The van der Waals surface area contributed by atoms with E-state index in [9.17, 15) is 4.79 Å². The van der Waals surface area contributed by atoms with Crippen molar-refractivity contribution in [3.63, 3.8) is 0 Å². The average molecular weight is 415 g/mol. The minimum Gasteiger partial charge on any atom is -0.497 e. The van der Waals surface area contributed by atoms with Gasteiger partial charge in [0.05, 0.1) is 34.4 Å². The number of hydrogen-bond donors (Lipinski definition) is 2. The Bertz CT molecular complexity index is 851. The lowest BCUT2D eigenvalue weighted by Crippen LogP contribution is -2.42. The largest absolute Gasteiger partial charge is 0.497 e. The minimum atomic E-state index is -0.0454. The van der Waals surface area contributed by atoms with Crippen molar-refractivity contribution < 1.29 is 19.0 Å². The van der Waals surface area contributed by atoms with E-state index in [-0.39, 0.29) is 12.5 Å². The molecular formula is C22H30N4O4. The van der Waals surface area contributed by atoms with Crippen LogP contribution in [0.4, 0.5) is 0 Å². The van der Waals surface area contributed by atoms with E-state index in [1.165, 1.54) is 4.90 Å². The molecule has 0 heterocycles. The number of nitrogens with zero attached hydrogens (tertiary/aromatic N) is 2. The van der Waals surface area contributed by atoms with Gasteiger partial charge in [-0.2, -0.15) is 0 Å². The molecule has 0 saturated heterocycles. The summed E-state index contributed by atoms with van der Waals surface area (Å²) in [6, 6.07) is 13.3. The molecule has 162 valence electrons. The SMILES string of the molecule is COc1ccc(CN=C(NCC(=O)N(C)C)NCc2ccc(OC)cc2OC)cc1. The van der Waals surface area contributed by atoms with Crippen molar-refractivity contribution in [2.75, 3.05) is 42.0 Å². The molecule has 0 unspecified atom stereocenters. The maximum absolute atomic E-state index is 12.0. The van der Waals surface area contributed by atoms with E-state index >= 15 is 0 Å². The van der Waals surface area contributed by atoms with Crippen molar-refractivity contribution in [1.29, 1.82) is 0 Å². The van der Waals surface area contributed by atoms with Gasteiger partial charge in [0, 0.05) is 32.3 Å². The first-order valence-electron chi connectivity index (χ1n) is 9.53. The van der Waals surface area contributed by atoms with Crippen LogP contribution in [0.25, 0.3) is 0 Å². The first-order chi connectivity index (χ1) is 14.5. The average Bonchev–Trinajstić information content (AvgIpc) is 2.78. The van der Waals surface area contributed by atoms with Gasteiger partial charge in [-0.05, 0) is 29.8 Å². The van der Waals surface area contributed by atoms with Crippen LogP contribution in [-0.4, -0.2) is 58.7 Å². The van der Waals surface area contributed by atoms with Crippen LogP contribution >= 0.6 is 0 Å². The Labute approximate surface area is 177 Å².